The lowest BCUT2D eigenvalue weighted by Crippen LogP contribution is -2.53. The predicted molar refractivity (Wildman–Crippen MR) is 139 cm³/mol. The van der Waals surface area contributed by atoms with Gasteiger partial charge in [-0.1, -0.05) is 6.07 Å². The highest BCUT2D eigenvalue weighted by atomic mass is 16.2. The van der Waals surface area contributed by atoms with Crippen LogP contribution in [0, 0.1) is 0 Å². The number of imidazole rings is 1. The molecule has 6 heterocycles. The normalized spacial score (nSPS) is 17.4. The number of nitrogens with zero attached hydrogens (tertiary/aromatic N) is 9. The number of aromatic nitrogens is 6. The second kappa shape index (κ2) is 10.1. The summed E-state index contributed by atoms with van der Waals surface area (Å²) in [5.74, 6) is 1.12. The number of anilines is 1. The van der Waals surface area contributed by atoms with Gasteiger partial charge in [-0.3, -0.25) is 9.88 Å². The first-order valence-corrected chi connectivity index (χ1v) is 12.7. The highest BCUT2D eigenvalue weighted by Crippen LogP contribution is 2.32. The second-order valence-corrected chi connectivity index (χ2v) is 9.58. The molecule has 0 bridgehead atoms. The molecule has 11 nitrogen and oxygen atoms in total. The summed E-state index contributed by atoms with van der Waals surface area (Å²) >= 11 is 0. The van der Waals surface area contributed by atoms with Crippen LogP contribution < -0.4 is 5.73 Å². The lowest BCUT2D eigenvalue weighted by Gasteiger charge is -2.40. The molecule has 37 heavy (non-hydrogen) atoms. The predicted octanol–water partition coefficient (Wildman–Crippen LogP) is 2.44. The summed E-state index contributed by atoms with van der Waals surface area (Å²) in [5, 5.41) is 0. The molecule has 2 amide bonds. The van der Waals surface area contributed by atoms with Crippen LogP contribution in [0.15, 0.2) is 55.1 Å². The molecular weight excluding hydrogens is 468 g/mol. The third-order valence-corrected chi connectivity index (χ3v) is 7.22. The number of rotatable bonds is 4. The van der Waals surface area contributed by atoms with Gasteiger partial charge in [-0.25, -0.2) is 24.7 Å². The van der Waals surface area contributed by atoms with E-state index in [0.717, 1.165) is 60.7 Å². The fraction of sp³-hybridized carbons (Fsp3) is 0.385. The molecule has 0 aliphatic carbocycles. The zero-order valence-corrected chi connectivity index (χ0v) is 20.6. The maximum atomic E-state index is 13.3. The van der Waals surface area contributed by atoms with Crippen LogP contribution in [0.2, 0.25) is 0 Å². The average Bonchev–Trinajstić information content (AvgIpc) is 3.35. The van der Waals surface area contributed by atoms with Crippen molar-refractivity contribution in [1.82, 2.24) is 44.2 Å². The van der Waals surface area contributed by atoms with Crippen molar-refractivity contribution in [3.63, 3.8) is 0 Å². The minimum atomic E-state index is 0.132. The van der Waals surface area contributed by atoms with Crippen LogP contribution in [-0.4, -0.2) is 89.5 Å². The maximum Gasteiger partial charge on any atom is 0.320 e. The number of nitrogen functional groups attached to an aromatic ring is 1. The Hall–Kier alpha value is -4.12. The molecule has 2 fully saturated rings. The first-order valence-electron chi connectivity index (χ1n) is 12.7. The number of piperazine rings is 1. The van der Waals surface area contributed by atoms with Crippen molar-refractivity contribution in [2.75, 3.05) is 45.0 Å². The van der Waals surface area contributed by atoms with Crippen LogP contribution in [0.4, 0.5) is 10.7 Å². The van der Waals surface area contributed by atoms with Crippen LogP contribution >= 0.6 is 0 Å². The van der Waals surface area contributed by atoms with Gasteiger partial charge in [-0.15, -0.1) is 0 Å². The van der Waals surface area contributed by atoms with Crippen LogP contribution in [0.1, 0.15) is 24.4 Å². The molecule has 2 aliphatic heterocycles. The molecule has 2 N–H and O–H groups in total. The summed E-state index contributed by atoms with van der Waals surface area (Å²) in [6.07, 6.45) is 8.83. The number of carbonyl (C=O) groups is 1. The Kier molecular flexibility index (Phi) is 6.35. The second-order valence-electron chi connectivity index (χ2n) is 9.58. The molecule has 11 heteroatoms. The number of likely N-dealkylation sites (tertiary alicyclic amines) is 1. The molecule has 0 saturated carbocycles. The maximum absolute atomic E-state index is 13.3. The summed E-state index contributed by atoms with van der Waals surface area (Å²) in [6.45, 7) is 5.27. The Balaban J connectivity index is 1.09. The summed E-state index contributed by atoms with van der Waals surface area (Å²) < 4.78 is 2.22. The van der Waals surface area contributed by atoms with Crippen LogP contribution in [0.5, 0.6) is 0 Å². The van der Waals surface area contributed by atoms with Gasteiger partial charge >= 0.3 is 6.03 Å². The van der Waals surface area contributed by atoms with Crippen molar-refractivity contribution in [2.45, 2.75) is 25.4 Å². The Morgan fingerprint density at radius 2 is 1.59 bits per heavy atom. The van der Waals surface area contributed by atoms with Gasteiger partial charge in [0.15, 0.2) is 11.5 Å². The van der Waals surface area contributed by atoms with Gasteiger partial charge in [0.2, 0.25) is 5.95 Å². The van der Waals surface area contributed by atoms with Gasteiger partial charge in [-0.2, -0.15) is 0 Å². The first kappa shape index (κ1) is 23.3. The van der Waals surface area contributed by atoms with E-state index in [1.807, 2.05) is 40.1 Å². The van der Waals surface area contributed by atoms with Gasteiger partial charge in [0.1, 0.15) is 11.2 Å². The number of urea groups is 1. The SMILES string of the molecule is Nc1ncc(CN2CCN(C(=O)N3CCC(n4c(-c5ccccn5)nc5cccnc54)CC3)CC2)cn1. The van der Waals surface area contributed by atoms with Crippen LogP contribution in [0.25, 0.3) is 22.7 Å². The Morgan fingerprint density at radius 3 is 2.32 bits per heavy atom. The number of piperidine rings is 1. The van der Waals surface area contributed by atoms with Gasteiger partial charge in [-0.05, 0) is 37.1 Å². The Bertz CT molecular complexity index is 1360. The molecule has 0 aromatic carbocycles. The highest BCUT2D eigenvalue weighted by molar-refractivity contribution is 5.77. The topological polar surface area (TPSA) is 122 Å². The number of nitrogens with two attached hydrogens (primary N) is 1. The minimum Gasteiger partial charge on any atom is -0.368 e. The number of fused-ring (bicyclic) bond motifs is 1. The van der Waals surface area contributed by atoms with Gasteiger partial charge < -0.3 is 20.1 Å². The van der Waals surface area contributed by atoms with E-state index in [2.05, 4.69) is 29.4 Å². The quantitative estimate of drug-likeness (QED) is 0.455. The molecule has 190 valence electrons. The molecule has 0 unspecified atom stereocenters. The lowest BCUT2D eigenvalue weighted by atomic mass is 10.0. The molecule has 6 rings (SSSR count). The van der Waals surface area contributed by atoms with Crippen molar-refractivity contribution in [3.8, 4) is 11.5 Å². The molecule has 4 aromatic rings. The average molecular weight is 499 g/mol. The molecule has 4 aromatic heterocycles. The van der Waals surface area contributed by atoms with Gasteiger partial charge in [0, 0.05) is 82.2 Å². The van der Waals surface area contributed by atoms with E-state index in [0.29, 0.717) is 26.2 Å². The Labute approximate surface area is 215 Å². The standard InChI is InChI=1S/C26H30N10O/c27-25-30-16-19(17-31-25)18-33-12-14-35(15-13-33)26(37)34-10-6-20(7-11-34)36-23-22(5-3-9-29-23)32-24(36)21-4-1-2-8-28-21/h1-5,8-9,16-17,20H,6-7,10-15,18H2,(H2,27,30,31). The number of pyridine rings is 2. The van der Waals surface area contributed by atoms with E-state index in [1.165, 1.54) is 0 Å². The van der Waals surface area contributed by atoms with Gasteiger partial charge in [0.25, 0.3) is 0 Å². The monoisotopic (exact) mass is 498 g/mol. The summed E-state index contributed by atoms with van der Waals surface area (Å²) in [6, 6.07) is 10.1. The number of amides is 2. The fourth-order valence-electron chi connectivity index (χ4n) is 5.27. The fourth-order valence-corrected chi connectivity index (χ4v) is 5.27. The molecule has 0 atom stereocenters. The van der Waals surface area contributed by atoms with Crippen molar-refractivity contribution in [3.05, 3.63) is 60.7 Å². The third-order valence-electron chi connectivity index (χ3n) is 7.22. The van der Waals surface area contributed by atoms with Crippen molar-refractivity contribution >= 4 is 23.1 Å². The van der Waals surface area contributed by atoms with E-state index < -0.39 is 0 Å². The first-order chi connectivity index (χ1) is 18.2. The number of carbonyl (C=O) groups excluding carboxylic acids is 1. The molecule has 0 radical (unpaired) electrons. The zero-order valence-electron chi connectivity index (χ0n) is 20.6. The van der Waals surface area contributed by atoms with E-state index in [-0.39, 0.29) is 18.0 Å². The Morgan fingerprint density at radius 1 is 0.865 bits per heavy atom. The number of hydrogen-bond acceptors (Lipinski definition) is 8. The lowest BCUT2D eigenvalue weighted by molar-refractivity contribution is 0.0996. The summed E-state index contributed by atoms with van der Waals surface area (Å²) in [7, 11) is 0. The smallest absolute Gasteiger partial charge is 0.320 e. The third kappa shape index (κ3) is 4.82. The van der Waals surface area contributed by atoms with E-state index in [1.54, 1.807) is 24.8 Å². The molecule has 0 spiro atoms. The van der Waals surface area contributed by atoms with Crippen LogP contribution in [-0.2, 0) is 6.54 Å². The van der Waals surface area contributed by atoms with Crippen molar-refractivity contribution in [2.24, 2.45) is 0 Å². The highest BCUT2D eigenvalue weighted by Gasteiger charge is 2.31. The molecular formula is C26H30N10O. The number of hydrogen-bond donors (Lipinski definition) is 1. The largest absolute Gasteiger partial charge is 0.368 e. The van der Waals surface area contributed by atoms with E-state index in [4.69, 9.17) is 10.7 Å². The van der Waals surface area contributed by atoms with Crippen LogP contribution in [0.3, 0.4) is 0 Å². The summed E-state index contributed by atoms with van der Waals surface area (Å²) in [4.78, 5) is 41.8. The minimum absolute atomic E-state index is 0.132. The summed E-state index contributed by atoms with van der Waals surface area (Å²) in [5.41, 5.74) is 9.18. The zero-order chi connectivity index (χ0) is 25.2. The molecule has 2 saturated heterocycles. The molecule has 2 aliphatic rings. The van der Waals surface area contributed by atoms with Crippen molar-refractivity contribution < 1.29 is 4.79 Å². The van der Waals surface area contributed by atoms with Crippen molar-refractivity contribution in [1.29, 1.82) is 0 Å². The van der Waals surface area contributed by atoms with E-state index in [9.17, 15) is 4.79 Å². The van der Waals surface area contributed by atoms with Gasteiger partial charge in [0.05, 0.1) is 0 Å². The van der Waals surface area contributed by atoms with E-state index >= 15 is 0 Å².